The van der Waals surface area contributed by atoms with Crippen LogP contribution in [0.3, 0.4) is 0 Å². The fourth-order valence-electron chi connectivity index (χ4n) is 3.49. The highest BCUT2D eigenvalue weighted by Crippen LogP contribution is 2.44. The molecule has 1 unspecified atom stereocenters. The van der Waals surface area contributed by atoms with Crippen molar-refractivity contribution in [2.75, 3.05) is 0 Å². The summed E-state index contributed by atoms with van der Waals surface area (Å²) >= 11 is 2.19. The minimum atomic E-state index is 0.380. The third-order valence-electron chi connectivity index (χ3n) is 4.68. The van der Waals surface area contributed by atoms with Crippen LogP contribution in [-0.4, -0.2) is 9.49 Å². The van der Waals surface area contributed by atoms with Crippen molar-refractivity contribution in [1.82, 2.24) is 0 Å². The zero-order valence-electron chi connectivity index (χ0n) is 15.9. The molecule has 0 heterocycles. The molecule has 0 aromatic heterocycles. The van der Waals surface area contributed by atoms with Crippen molar-refractivity contribution >= 4 is 11.8 Å². The highest BCUT2D eigenvalue weighted by Gasteiger charge is 2.32. The van der Waals surface area contributed by atoms with Gasteiger partial charge < -0.3 is 0 Å². The van der Waals surface area contributed by atoms with Gasteiger partial charge in [-0.15, -0.1) is 11.8 Å². The summed E-state index contributed by atoms with van der Waals surface area (Å²) in [6.45, 7) is 24.0. The Kier molecular flexibility index (Phi) is 7.70. The van der Waals surface area contributed by atoms with Crippen molar-refractivity contribution in [3.63, 3.8) is 0 Å². The minimum absolute atomic E-state index is 0.380. The van der Waals surface area contributed by atoms with Gasteiger partial charge >= 0.3 is 0 Å². The molecule has 0 spiro atoms. The maximum atomic E-state index is 2.44. The van der Waals surface area contributed by atoms with Crippen molar-refractivity contribution < 1.29 is 0 Å². The topological polar surface area (TPSA) is 0 Å². The van der Waals surface area contributed by atoms with Crippen LogP contribution in [0.5, 0.6) is 0 Å². The Morgan fingerprint density at radius 1 is 0.800 bits per heavy atom. The maximum absolute atomic E-state index is 2.44. The van der Waals surface area contributed by atoms with Crippen molar-refractivity contribution in [3.8, 4) is 0 Å². The maximum Gasteiger partial charge on any atom is 0.0111 e. The quantitative estimate of drug-likeness (QED) is 0.434. The number of rotatable bonds is 9. The van der Waals surface area contributed by atoms with Gasteiger partial charge in [-0.2, -0.15) is 0 Å². The lowest BCUT2D eigenvalue weighted by Gasteiger charge is -2.38. The molecule has 0 amide bonds. The molecule has 0 radical (unpaired) electrons. The molecule has 0 saturated carbocycles. The molecule has 0 fully saturated rings. The van der Waals surface area contributed by atoms with Crippen LogP contribution in [0.25, 0.3) is 0 Å². The van der Waals surface area contributed by atoms with E-state index in [0.29, 0.717) is 14.9 Å². The van der Waals surface area contributed by atoms with E-state index in [4.69, 9.17) is 0 Å². The lowest BCUT2D eigenvalue weighted by molar-refractivity contribution is 0.185. The van der Waals surface area contributed by atoms with E-state index in [0.717, 1.165) is 11.8 Å². The summed E-state index contributed by atoms with van der Waals surface area (Å²) in [6, 6.07) is 0. The summed E-state index contributed by atoms with van der Waals surface area (Å²) in [5.41, 5.74) is 0.457. The Balaban J connectivity index is 4.53. The second-order valence-electron chi connectivity index (χ2n) is 9.03. The first-order chi connectivity index (χ1) is 8.81. The van der Waals surface area contributed by atoms with Crippen molar-refractivity contribution in [2.24, 2.45) is 17.3 Å². The smallest absolute Gasteiger partial charge is 0.0111 e. The summed E-state index contributed by atoms with van der Waals surface area (Å²) in [6.07, 6.45) is 5.25. The van der Waals surface area contributed by atoms with Gasteiger partial charge in [0.1, 0.15) is 0 Å². The van der Waals surface area contributed by atoms with E-state index in [1.165, 1.54) is 25.7 Å². The lowest BCUT2D eigenvalue weighted by atomic mass is 9.73. The largest absolute Gasteiger partial charge is 0.149 e. The molecule has 0 aromatic rings. The SMILES string of the molecule is CCCC(C)(C)SC(C)(C)CC(C)CC(C)(C)C(C)C. The second-order valence-corrected chi connectivity index (χ2v) is 11.4. The van der Waals surface area contributed by atoms with Crippen LogP contribution < -0.4 is 0 Å². The first-order valence-electron chi connectivity index (χ1n) is 8.51. The predicted molar refractivity (Wildman–Crippen MR) is 97.7 cm³/mol. The Hall–Kier alpha value is 0.350. The molecular weight excluding hydrogens is 260 g/mol. The van der Waals surface area contributed by atoms with Crippen molar-refractivity contribution in [1.29, 1.82) is 0 Å². The molecule has 0 nitrogen and oxygen atoms in total. The van der Waals surface area contributed by atoms with Crippen LogP contribution in [0.1, 0.15) is 94.9 Å². The van der Waals surface area contributed by atoms with E-state index >= 15 is 0 Å². The van der Waals surface area contributed by atoms with Crippen LogP contribution >= 0.6 is 11.8 Å². The zero-order chi connectivity index (χ0) is 16.2. The summed E-state index contributed by atoms with van der Waals surface area (Å²) < 4.78 is 0.788. The lowest BCUT2D eigenvalue weighted by Crippen LogP contribution is -2.30. The molecule has 0 N–H and O–H groups in total. The molecule has 20 heavy (non-hydrogen) atoms. The van der Waals surface area contributed by atoms with E-state index in [2.05, 4.69) is 81.0 Å². The van der Waals surface area contributed by atoms with Gasteiger partial charge in [-0.25, -0.2) is 0 Å². The van der Waals surface area contributed by atoms with Crippen LogP contribution in [-0.2, 0) is 0 Å². The summed E-state index contributed by atoms with van der Waals surface area (Å²) in [5.74, 6) is 1.56. The van der Waals surface area contributed by atoms with E-state index in [1.54, 1.807) is 0 Å². The average Bonchev–Trinajstić information content (AvgIpc) is 2.11. The monoisotopic (exact) mass is 300 g/mol. The summed E-state index contributed by atoms with van der Waals surface area (Å²) in [7, 11) is 0. The fourth-order valence-corrected chi connectivity index (χ4v) is 5.66. The standard InChI is InChI=1S/C19H40S/c1-11-12-18(7,8)20-19(9,10)14-16(4)13-17(5,6)15(2)3/h15-16H,11-14H2,1-10H3. The average molecular weight is 301 g/mol. The van der Waals surface area contributed by atoms with Gasteiger partial charge in [0.2, 0.25) is 0 Å². The Morgan fingerprint density at radius 3 is 1.70 bits per heavy atom. The van der Waals surface area contributed by atoms with Gasteiger partial charge in [0, 0.05) is 9.49 Å². The molecular formula is C19H40S. The van der Waals surface area contributed by atoms with Gasteiger partial charge in [0.25, 0.3) is 0 Å². The van der Waals surface area contributed by atoms with Crippen LogP contribution in [0.15, 0.2) is 0 Å². The molecule has 1 heteroatoms. The van der Waals surface area contributed by atoms with E-state index in [-0.39, 0.29) is 0 Å². The van der Waals surface area contributed by atoms with E-state index in [9.17, 15) is 0 Å². The summed E-state index contributed by atoms with van der Waals surface area (Å²) in [4.78, 5) is 0. The molecule has 0 saturated heterocycles. The molecule has 0 aliphatic heterocycles. The van der Waals surface area contributed by atoms with E-state index in [1.807, 2.05) is 0 Å². The molecule has 0 aromatic carbocycles. The number of thioether (sulfide) groups is 1. The second kappa shape index (κ2) is 7.56. The highest BCUT2D eigenvalue weighted by molar-refractivity contribution is 8.01. The number of hydrogen-bond acceptors (Lipinski definition) is 1. The Labute approximate surface area is 133 Å². The molecule has 0 bridgehead atoms. The predicted octanol–water partition coefficient (Wildman–Crippen LogP) is 7.18. The van der Waals surface area contributed by atoms with E-state index < -0.39 is 0 Å². The molecule has 122 valence electrons. The molecule has 0 aliphatic carbocycles. The zero-order valence-corrected chi connectivity index (χ0v) is 16.7. The normalized spacial score (nSPS) is 15.8. The Bertz CT molecular complexity index is 273. The first kappa shape index (κ1) is 20.3. The van der Waals surface area contributed by atoms with Gasteiger partial charge in [0.05, 0.1) is 0 Å². The number of hydrogen-bond donors (Lipinski definition) is 0. The molecule has 0 rings (SSSR count). The minimum Gasteiger partial charge on any atom is -0.149 e. The van der Waals surface area contributed by atoms with Crippen LogP contribution in [0.4, 0.5) is 0 Å². The van der Waals surface area contributed by atoms with Gasteiger partial charge in [-0.05, 0) is 36.5 Å². The first-order valence-corrected chi connectivity index (χ1v) is 9.33. The van der Waals surface area contributed by atoms with Gasteiger partial charge in [0.15, 0.2) is 0 Å². The van der Waals surface area contributed by atoms with Crippen molar-refractivity contribution in [2.45, 2.75) is 104 Å². The molecule has 1 atom stereocenters. The van der Waals surface area contributed by atoms with Crippen molar-refractivity contribution in [3.05, 3.63) is 0 Å². The highest BCUT2D eigenvalue weighted by atomic mass is 32.2. The van der Waals surface area contributed by atoms with Crippen LogP contribution in [0.2, 0.25) is 0 Å². The van der Waals surface area contributed by atoms with Crippen LogP contribution in [0, 0.1) is 17.3 Å². The third kappa shape index (κ3) is 7.96. The van der Waals surface area contributed by atoms with Gasteiger partial charge in [-0.3, -0.25) is 0 Å². The molecule has 0 aliphatic rings. The Morgan fingerprint density at radius 2 is 1.30 bits per heavy atom. The third-order valence-corrected chi connectivity index (χ3v) is 6.16. The fraction of sp³-hybridized carbons (Fsp3) is 1.00. The van der Waals surface area contributed by atoms with Gasteiger partial charge in [-0.1, -0.05) is 75.7 Å². The summed E-state index contributed by atoms with van der Waals surface area (Å²) in [5, 5.41) is 0.